The fraction of sp³-hybridized carbons (Fsp3) is 0.312. The molecule has 0 radical (unpaired) electrons. The SMILES string of the molecule is COc1cc(OC)c2ccc(=O)oc2c1/C=C\[C@@]1(C)CCC(C)=C[C@H]1c1c(OC)cc(OC)c2ccc(=O)oc12. The summed E-state index contributed by atoms with van der Waals surface area (Å²) in [6, 6.07) is 9.76. The number of ether oxygens (including phenoxy) is 4. The second-order valence-corrected chi connectivity index (χ2v) is 10.2. The summed E-state index contributed by atoms with van der Waals surface area (Å²) in [7, 11) is 6.28. The van der Waals surface area contributed by atoms with Crippen molar-refractivity contribution in [2.75, 3.05) is 28.4 Å². The first-order chi connectivity index (χ1) is 19.2. The van der Waals surface area contributed by atoms with Crippen LogP contribution < -0.4 is 30.2 Å². The van der Waals surface area contributed by atoms with Crippen LogP contribution in [0.1, 0.15) is 43.7 Å². The normalized spacial score (nSPS) is 19.1. The van der Waals surface area contributed by atoms with Crippen LogP contribution >= 0.6 is 0 Å². The summed E-state index contributed by atoms with van der Waals surface area (Å²) in [5.74, 6) is 1.95. The zero-order chi connectivity index (χ0) is 28.6. The first-order valence-corrected chi connectivity index (χ1v) is 13.0. The molecule has 0 saturated carbocycles. The van der Waals surface area contributed by atoms with Crippen LogP contribution in [0.5, 0.6) is 23.0 Å². The zero-order valence-electron chi connectivity index (χ0n) is 23.5. The van der Waals surface area contributed by atoms with Crippen molar-refractivity contribution in [3.05, 3.63) is 86.1 Å². The highest BCUT2D eigenvalue weighted by Crippen LogP contribution is 2.52. The number of benzene rings is 2. The molecule has 5 rings (SSSR count). The maximum atomic E-state index is 12.4. The quantitative estimate of drug-likeness (QED) is 0.193. The van der Waals surface area contributed by atoms with Gasteiger partial charge < -0.3 is 27.8 Å². The Hall–Kier alpha value is -4.46. The van der Waals surface area contributed by atoms with Gasteiger partial charge in [0.25, 0.3) is 0 Å². The third-order valence-electron chi connectivity index (χ3n) is 7.78. The van der Waals surface area contributed by atoms with Crippen molar-refractivity contribution >= 4 is 28.0 Å². The Morgan fingerprint density at radius 2 is 1.35 bits per heavy atom. The molecule has 0 amide bonds. The van der Waals surface area contributed by atoms with Gasteiger partial charge in [0.05, 0.1) is 44.8 Å². The molecule has 0 fully saturated rings. The zero-order valence-corrected chi connectivity index (χ0v) is 23.5. The first kappa shape index (κ1) is 27.1. The topological polar surface area (TPSA) is 97.3 Å². The Labute approximate surface area is 231 Å². The van der Waals surface area contributed by atoms with Gasteiger partial charge in [-0.05, 0) is 37.3 Å². The van der Waals surface area contributed by atoms with Gasteiger partial charge in [-0.15, -0.1) is 0 Å². The van der Waals surface area contributed by atoms with E-state index >= 15 is 0 Å². The molecule has 2 atom stereocenters. The molecular weight excluding hydrogens is 512 g/mol. The van der Waals surface area contributed by atoms with Crippen molar-refractivity contribution < 1.29 is 27.8 Å². The molecule has 0 bridgehead atoms. The Morgan fingerprint density at radius 3 is 1.95 bits per heavy atom. The van der Waals surface area contributed by atoms with Gasteiger partial charge >= 0.3 is 11.3 Å². The third kappa shape index (κ3) is 4.63. The summed E-state index contributed by atoms with van der Waals surface area (Å²) >= 11 is 0. The van der Waals surface area contributed by atoms with Crippen LogP contribution in [0.4, 0.5) is 0 Å². The molecular formula is C32H32O8. The van der Waals surface area contributed by atoms with E-state index in [0.717, 1.165) is 18.4 Å². The number of methoxy groups -OCH3 is 4. The minimum Gasteiger partial charge on any atom is -0.496 e. The highest BCUT2D eigenvalue weighted by Gasteiger charge is 2.38. The molecule has 2 heterocycles. The molecule has 4 aromatic rings. The van der Waals surface area contributed by atoms with E-state index in [2.05, 4.69) is 26.0 Å². The molecule has 0 spiro atoms. The lowest BCUT2D eigenvalue weighted by molar-refractivity contribution is 0.320. The Morgan fingerprint density at radius 1 is 0.800 bits per heavy atom. The first-order valence-electron chi connectivity index (χ1n) is 13.0. The standard InChI is InChI=1S/C32H32O8/c1-18-11-13-32(2,14-12-21-24(36-4)16-23(35-3)19-7-9-27(33)39-30(19)21)22(15-18)29-26(38-6)17-25(37-5)20-8-10-28(34)40-31(20)29/h7-10,12,14-17,22H,11,13H2,1-6H3/b14-12-/t22-,32+/m0/s1. The number of hydrogen-bond acceptors (Lipinski definition) is 8. The number of allylic oxidation sites excluding steroid dienone is 3. The lowest BCUT2D eigenvalue weighted by Crippen LogP contribution is -2.26. The Balaban J connectivity index is 1.75. The maximum absolute atomic E-state index is 12.4. The van der Waals surface area contributed by atoms with Crippen molar-refractivity contribution in [1.29, 1.82) is 0 Å². The highest BCUT2D eigenvalue weighted by molar-refractivity contribution is 5.93. The largest absolute Gasteiger partial charge is 0.496 e. The summed E-state index contributed by atoms with van der Waals surface area (Å²) < 4.78 is 34.1. The second-order valence-electron chi connectivity index (χ2n) is 10.2. The van der Waals surface area contributed by atoms with Crippen LogP contribution in [0.2, 0.25) is 0 Å². The molecule has 8 heteroatoms. The fourth-order valence-corrected chi connectivity index (χ4v) is 5.58. The van der Waals surface area contributed by atoms with E-state index < -0.39 is 16.7 Å². The second kappa shape index (κ2) is 10.6. The van der Waals surface area contributed by atoms with Crippen LogP contribution in [-0.2, 0) is 0 Å². The summed E-state index contributed by atoms with van der Waals surface area (Å²) in [6.45, 7) is 4.25. The van der Waals surface area contributed by atoms with E-state index in [9.17, 15) is 9.59 Å². The molecule has 1 aliphatic carbocycles. The Bertz CT molecular complexity index is 1770. The molecule has 40 heavy (non-hydrogen) atoms. The van der Waals surface area contributed by atoms with Crippen molar-refractivity contribution in [3.63, 3.8) is 0 Å². The van der Waals surface area contributed by atoms with Crippen molar-refractivity contribution in [1.82, 2.24) is 0 Å². The molecule has 0 aliphatic heterocycles. The van der Waals surface area contributed by atoms with Gasteiger partial charge in [0, 0.05) is 35.7 Å². The third-order valence-corrected chi connectivity index (χ3v) is 7.78. The van der Waals surface area contributed by atoms with Gasteiger partial charge in [-0.2, -0.15) is 0 Å². The van der Waals surface area contributed by atoms with E-state index in [0.29, 0.717) is 50.5 Å². The predicted octanol–water partition coefficient (Wildman–Crippen LogP) is 6.48. The molecule has 2 aromatic carbocycles. The lowest BCUT2D eigenvalue weighted by Gasteiger charge is -2.39. The molecule has 8 nitrogen and oxygen atoms in total. The Kier molecular flexibility index (Phi) is 7.19. The average Bonchev–Trinajstić information content (AvgIpc) is 2.96. The van der Waals surface area contributed by atoms with Gasteiger partial charge in [-0.1, -0.05) is 30.7 Å². The van der Waals surface area contributed by atoms with Crippen molar-refractivity contribution in [2.24, 2.45) is 5.41 Å². The minimum atomic E-state index is -0.470. The van der Waals surface area contributed by atoms with Gasteiger partial charge in [0.15, 0.2) is 5.58 Å². The maximum Gasteiger partial charge on any atom is 0.336 e. The summed E-state index contributed by atoms with van der Waals surface area (Å²) in [4.78, 5) is 24.6. The molecule has 0 saturated heterocycles. The number of hydrogen-bond donors (Lipinski definition) is 0. The van der Waals surface area contributed by atoms with Crippen LogP contribution in [-0.4, -0.2) is 28.4 Å². The van der Waals surface area contributed by atoms with Crippen LogP contribution in [0, 0.1) is 5.41 Å². The van der Waals surface area contributed by atoms with Crippen LogP contribution in [0.15, 0.2) is 72.5 Å². The summed E-state index contributed by atoms with van der Waals surface area (Å²) in [5, 5.41) is 1.35. The van der Waals surface area contributed by atoms with Gasteiger partial charge in [-0.25, -0.2) is 9.59 Å². The van der Waals surface area contributed by atoms with Crippen molar-refractivity contribution in [2.45, 2.75) is 32.6 Å². The van der Waals surface area contributed by atoms with Gasteiger partial charge in [0.1, 0.15) is 28.6 Å². The summed E-state index contributed by atoms with van der Waals surface area (Å²) in [5.41, 5.74) is 2.04. The average molecular weight is 545 g/mol. The number of fused-ring (bicyclic) bond motifs is 2. The highest BCUT2D eigenvalue weighted by atomic mass is 16.5. The van der Waals surface area contributed by atoms with Crippen LogP contribution in [0.3, 0.4) is 0 Å². The smallest absolute Gasteiger partial charge is 0.336 e. The molecule has 1 aliphatic rings. The molecule has 0 unspecified atom stereocenters. The lowest BCUT2D eigenvalue weighted by atomic mass is 9.65. The van der Waals surface area contributed by atoms with E-state index in [1.807, 2.05) is 12.1 Å². The van der Waals surface area contributed by atoms with E-state index in [1.54, 1.807) is 46.6 Å². The van der Waals surface area contributed by atoms with Gasteiger partial charge in [-0.3, -0.25) is 0 Å². The fourth-order valence-electron chi connectivity index (χ4n) is 5.58. The molecule has 0 N–H and O–H groups in total. The molecule has 2 aromatic heterocycles. The minimum absolute atomic E-state index is 0.214. The monoisotopic (exact) mass is 544 g/mol. The van der Waals surface area contributed by atoms with Crippen molar-refractivity contribution in [3.8, 4) is 23.0 Å². The van der Waals surface area contributed by atoms with E-state index in [-0.39, 0.29) is 5.92 Å². The molecule has 208 valence electrons. The number of rotatable bonds is 7. The summed E-state index contributed by atoms with van der Waals surface area (Å²) in [6.07, 6.45) is 7.93. The van der Waals surface area contributed by atoms with Gasteiger partial charge in [0.2, 0.25) is 0 Å². The van der Waals surface area contributed by atoms with Crippen LogP contribution in [0.25, 0.3) is 28.0 Å². The van der Waals surface area contributed by atoms with E-state index in [4.69, 9.17) is 27.8 Å². The van der Waals surface area contributed by atoms with E-state index in [1.165, 1.54) is 17.7 Å². The predicted molar refractivity (Wildman–Crippen MR) is 154 cm³/mol.